The average molecular weight is 355 g/mol. The molecule has 0 saturated heterocycles. The fourth-order valence-corrected chi connectivity index (χ4v) is 2.07. The molecule has 18 heavy (non-hydrogen) atoms. The number of aryl methyl sites for hydroxylation is 1. The minimum absolute atomic E-state index is 0.174. The highest BCUT2D eigenvalue weighted by molar-refractivity contribution is 14.1. The van der Waals surface area contributed by atoms with E-state index in [1.54, 1.807) is 0 Å². The molecule has 0 aliphatic carbocycles. The molecule has 2 N–H and O–H groups in total. The van der Waals surface area contributed by atoms with Gasteiger partial charge < -0.3 is 10.3 Å². The maximum Gasteiger partial charge on any atom is 0.275 e. The molecule has 0 fully saturated rings. The van der Waals surface area contributed by atoms with Crippen LogP contribution in [0.3, 0.4) is 0 Å². The van der Waals surface area contributed by atoms with Crippen LogP contribution in [0.5, 0.6) is 0 Å². The van der Waals surface area contributed by atoms with E-state index in [0.717, 1.165) is 21.0 Å². The molecule has 0 aliphatic heterocycles. The molecule has 1 aromatic heterocycles. The lowest BCUT2D eigenvalue weighted by molar-refractivity contribution is 0.102. The van der Waals surface area contributed by atoms with Crippen molar-refractivity contribution in [3.8, 4) is 0 Å². The van der Waals surface area contributed by atoms with Crippen LogP contribution in [0.25, 0.3) is 0 Å². The van der Waals surface area contributed by atoms with Gasteiger partial charge in [0.05, 0.1) is 6.20 Å². The molecule has 0 radical (unpaired) electrons. The number of H-pyrrole nitrogens is 1. The Morgan fingerprint density at radius 1 is 1.44 bits per heavy atom. The van der Waals surface area contributed by atoms with Crippen LogP contribution >= 0.6 is 22.6 Å². The molecule has 6 heteroatoms. The van der Waals surface area contributed by atoms with Crippen molar-refractivity contribution in [2.45, 2.75) is 6.92 Å². The predicted molar refractivity (Wildman–Crippen MR) is 76.7 cm³/mol. The highest BCUT2D eigenvalue weighted by Gasteiger charge is 2.09. The number of halogens is 1. The number of hydrogen-bond donors (Lipinski definition) is 2. The number of aromatic amines is 1. The van der Waals surface area contributed by atoms with Crippen molar-refractivity contribution in [3.63, 3.8) is 0 Å². The third-order valence-corrected chi connectivity index (χ3v) is 3.01. The van der Waals surface area contributed by atoms with Gasteiger partial charge in [-0.05, 0) is 53.3 Å². The Hall–Kier alpha value is -1.70. The van der Waals surface area contributed by atoms with Crippen LogP contribution in [0.2, 0.25) is 0 Å². The van der Waals surface area contributed by atoms with Crippen LogP contribution < -0.4 is 10.9 Å². The summed E-state index contributed by atoms with van der Waals surface area (Å²) < 4.78 is 1.10. The van der Waals surface area contributed by atoms with Crippen LogP contribution in [0.4, 0.5) is 5.69 Å². The summed E-state index contributed by atoms with van der Waals surface area (Å²) >= 11 is 2.21. The van der Waals surface area contributed by atoms with E-state index in [1.807, 2.05) is 25.1 Å². The Balaban J connectivity index is 2.21. The van der Waals surface area contributed by atoms with Gasteiger partial charge in [-0.2, -0.15) is 0 Å². The summed E-state index contributed by atoms with van der Waals surface area (Å²) in [4.78, 5) is 28.9. The van der Waals surface area contributed by atoms with Crippen molar-refractivity contribution in [1.82, 2.24) is 9.97 Å². The van der Waals surface area contributed by atoms with E-state index >= 15 is 0 Å². The number of nitrogens with one attached hydrogen (secondary N) is 2. The summed E-state index contributed by atoms with van der Waals surface area (Å²) in [5, 5.41) is 2.75. The zero-order chi connectivity index (χ0) is 13.1. The van der Waals surface area contributed by atoms with Crippen molar-refractivity contribution in [1.29, 1.82) is 0 Å². The maximum atomic E-state index is 11.9. The Labute approximate surface area is 117 Å². The smallest absolute Gasteiger partial charge is 0.275 e. The van der Waals surface area contributed by atoms with Gasteiger partial charge in [0.1, 0.15) is 5.69 Å². The van der Waals surface area contributed by atoms with Crippen molar-refractivity contribution in [2.24, 2.45) is 0 Å². The van der Waals surface area contributed by atoms with Gasteiger partial charge in [0, 0.05) is 15.5 Å². The van der Waals surface area contributed by atoms with Crippen molar-refractivity contribution < 1.29 is 4.79 Å². The van der Waals surface area contributed by atoms with Gasteiger partial charge in [-0.3, -0.25) is 9.59 Å². The molecule has 0 aliphatic rings. The molecule has 1 amide bonds. The monoisotopic (exact) mass is 355 g/mol. The molecular formula is C12H10IN3O2. The summed E-state index contributed by atoms with van der Waals surface area (Å²) in [5.41, 5.74) is 1.54. The molecule has 0 saturated carbocycles. The molecule has 1 aromatic carbocycles. The number of carbonyl (C=O) groups is 1. The quantitative estimate of drug-likeness (QED) is 0.809. The van der Waals surface area contributed by atoms with Crippen LogP contribution in [-0.2, 0) is 0 Å². The van der Waals surface area contributed by atoms with Crippen molar-refractivity contribution >= 4 is 34.2 Å². The molecule has 5 nitrogen and oxygen atoms in total. The van der Waals surface area contributed by atoms with E-state index in [0.29, 0.717) is 0 Å². The number of aromatic nitrogens is 2. The molecular weight excluding hydrogens is 345 g/mol. The Kier molecular flexibility index (Phi) is 3.75. The number of rotatable bonds is 2. The number of benzene rings is 1. The van der Waals surface area contributed by atoms with Gasteiger partial charge in [0.15, 0.2) is 0 Å². The number of nitrogens with zero attached hydrogens (tertiary/aromatic N) is 1. The van der Waals surface area contributed by atoms with Gasteiger partial charge in [-0.15, -0.1) is 0 Å². The molecule has 2 rings (SSSR count). The van der Waals surface area contributed by atoms with Gasteiger partial charge >= 0.3 is 0 Å². The predicted octanol–water partition coefficient (Wildman–Crippen LogP) is 1.94. The Morgan fingerprint density at radius 2 is 2.22 bits per heavy atom. The summed E-state index contributed by atoms with van der Waals surface area (Å²) in [5.74, 6) is -0.351. The molecule has 1 heterocycles. The van der Waals surface area contributed by atoms with Crippen LogP contribution in [0.15, 0.2) is 35.4 Å². The molecule has 92 valence electrons. The highest BCUT2D eigenvalue weighted by atomic mass is 127. The lowest BCUT2D eigenvalue weighted by Crippen LogP contribution is -2.17. The maximum absolute atomic E-state index is 11.9. The topological polar surface area (TPSA) is 74.8 Å². The molecule has 0 unspecified atom stereocenters. The van der Waals surface area contributed by atoms with E-state index in [-0.39, 0.29) is 17.2 Å². The van der Waals surface area contributed by atoms with Crippen LogP contribution in [0.1, 0.15) is 16.1 Å². The largest absolute Gasteiger partial charge is 0.325 e. The lowest BCUT2D eigenvalue weighted by Gasteiger charge is -2.07. The third kappa shape index (κ3) is 2.95. The minimum atomic E-state index is -0.351. The van der Waals surface area contributed by atoms with E-state index in [4.69, 9.17) is 0 Å². The van der Waals surface area contributed by atoms with Gasteiger partial charge in [-0.25, -0.2) is 4.98 Å². The number of amides is 1. The zero-order valence-corrected chi connectivity index (χ0v) is 11.7. The van der Waals surface area contributed by atoms with Crippen molar-refractivity contribution in [3.05, 3.63) is 55.8 Å². The van der Waals surface area contributed by atoms with E-state index < -0.39 is 0 Å². The second-order valence-electron chi connectivity index (χ2n) is 3.71. The van der Waals surface area contributed by atoms with Crippen LogP contribution in [-0.4, -0.2) is 15.9 Å². The first-order chi connectivity index (χ1) is 8.56. The first kappa shape index (κ1) is 12.7. The van der Waals surface area contributed by atoms with E-state index in [1.165, 1.54) is 6.20 Å². The fraction of sp³-hybridized carbons (Fsp3) is 0.0833. The molecule has 0 atom stereocenters. The minimum Gasteiger partial charge on any atom is -0.325 e. The van der Waals surface area contributed by atoms with Gasteiger partial charge in [0.25, 0.3) is 11.5 Å². The van der Waals surface area contributed by atoms with Crippen molar-refractivity contribution in [2.75, 3.05) is 5.32 Å². The summed E-state index contributed by atoms with van der Waals surface area (Å²) in [7, 11) is 0. The molecule has 0 spiro atoms. The van der Waals surface area contributed by atoms with E-state index in [2.05, 4.69) is 37.9 Å². The summed E-state index contributed by atoms with van der Waals surface area (Å²) in [6.45, 7) is 1.91. The summed E-state index contributed by atoms with van der Waals surface area (Å²) in [6, 6.07) is 5.71. The second-order valence-corrected chi connectivity index (χ2v) is 4.96. The number of anilines is 1. The Morgan fingerprint density at radius 3 is 2.83 bits per heavy atom. The zero-order valence-electron chi connectivity index (χ0n) is 9.53. The van der Waals surface area contributed by atoms with Gasteiger partial charge in [0.2, 0.25) is 0 Å². The standard InChI is InChI=1S/C12H10IN3O2/c1-7-4-8(13)2-3-9(7)16-12(18)10-5-15-11(17)6-14-10/h2-6H,1H3,(H,15,17)(H,16,18). The molecule has 2 aromatic rings. The SMILES string of the molecule is Cc1cc(I)ccc1NC(=O)c1c[nH]c(=O)cn1. The summed E-state index contributed by atoms with van der Waals surface area (Å²) in [6.07, 6.45) is 2.37. The Bertz CT molecular complexity index is 632. The van der Waals surface area contributed by atoms with E-state index in [9.17, 15) is 9.59 Å². The third-order valence-electron chi connectivity index (χ3n) is 2.34. The second kappa shape index (κ2) is 5.30. The van der Waals surface area contributed by atoms with Crippen LogP contribution in [0, 0.1) is 10.5 Å². The molecule has 0 bridgehead atoms. The first-order valence-electron chi connectivity index (χ1n) is 5.18. The average Bonchev–Trinajstić information content (AvgIpc) is 2.33. The highest BCUT2D eigenvalue weighted by Crippen LogP contribution is 2.18. The number of hydrogen-bond acceptors (Lipinski definition) is 3. The normalized spacial score (nSPS) is 10.1. The first-order valence-corrected chi connectivity index (χ1v) is 6.26. The van der Waals surface area contributed by atoms with Gasteiger partial charge in [-0.1, -0.05) is 0 Å². The number of carbonyl (C=O) groups excluding carboxylic acids is 1. The fourth-order valence-electron chi connectivity index (χ4n) is 1.42. The lowest BCUT2D eigenvalue weighted by atomic mass is 10.2.